The fraction of sp³-hybridized carbons (Fsp3) is 0.280. The second kappa shape index (κ2) is 9.51. The SMILES string of the molecule is CCc1ccc(N2CC(C(=O)N(Cc3ccncc3)Cc3cccnc3)CC2=O)cc1. The summed E-state index contributed by atoms with van der Waals surface area (Å²) >= 11 is 0. The van der Waals surface area contributed by atoms with E-state index in [9.17, 15) is 9.59 Å². The van der Waals surface area contributed by atoms with Crippen molar-refractivity contribution in [2.75, 3.05) is 11.4 Å². The highest BCUT2D eigenvalue weighted by Gasteiger charge is 2.37. The van der Waals surface area contributed by atoms with E-state index in [1.165, 1.54) is 5.56 Å². The number of aryl methyl sites for hydroxylation is 1. The maximum Gasteiger partial charge on any atom is 0.228 e. The monoisotopic (exact) mass is 414 g/mol. The number of carbonyl (C=O) groups is 2. The molecule has 1 aromatic carbocycles. The van der Waals surface area contributed by atoms with Gasteiger partial charge >= 0.3 is 0 Å². The number of hydrogen-bond acceptors (Lipinski definition) is 4. The predicted molar refractivity (Wildman–Crippen MR) is 119 cm³/mol. The number of hydrogen-bond donors (Lipinski definition) is 0. The first-order chi connectivity index (χ1) is 15.1. The molecule has 3 heterocycles. The zero-order valence-electron chi connectivity index (χ0n) is 17.6. The van der Waals surface area contributed by atoms with Crippen molar-refractivity contribution in [3.8, 4) is 0 Å². The van der Waals surface area contributed by atoms with E-state index in [-0.39, 0.29) is 24.2 Å². The van der Waals surface area contributed by atoms with Crippen molar-refractivity contribution in [1.29, 1.82) is 0 Å². The van der Waals surface area contributed by atoms with Crippen LogP contribution in [0.15, 0.2) is 73.3 Å². The third-order valence-electron chi connectivity index (χ3n) is 5.66. The first kappa shape index (κ1) is 20.7. The fourth-order valence-electron chi connectivity index (χ4n) is 3.92. The van der Waals surface area contributed by atoms with Gasteiger partial charge in [0.25, 0.3) is 0 Å². The minimum atomic E-state index is -0.364. The normalized spacial score (nSPS) is 15.8. The lowest BCUT2D eigenvalue weighted by Crippen LogP contribution is -2.36. The molecule has 4 rings (SSSR count). The van der Waals surface area contributed by atoms with Gasteiger partial charge < -0.3 is 9.80 Å². The Kier molecular flexibility index (Phi) is 6.36. The van der Waals surface area contributed by atoms with Crippen molar-refractivity contribution < 1.29 is 9.59 Å². The summed E-state index contributed by atoms with van der Waals surface area (Å²) in [6.07, 6.45) is 8.12. The minimum absolute atomic E-state index is 0.00663. The number of rotatable bonds is 7. The number of carbonyl (C=O) groups excluding carboxylic acids is 2. The minimum Gasteiger partial charge on any atom is -0.334 e. The predicted octanol–water partition coefficient (Wildman–Crippen LogP) is 3.62. The maximum absolute atomic E-state index is 13.5. The van der Waals surface area contributed by atoms with Crippen molar-refractivity contribution in [3.63, 3.8) is 0 Å². The Morgan fingerprint density at radius 1 is 0.968 bits per heavy atom. The van der Waals surface area contributed by atoms with E-state index in [2.05, 4.69) is 16.9 Å². The number of anilines is 1. The van der Waals surface area contributed by atoms with Crippen LogP contribution in [-0.4, -0.2) is 33.2 Å². The van der Waals surface area contributed by atoms with Crippen LogP contribution in [0.3, 0.4) is 0 Å². The molecule has 6 nitrogen and oxygen atoms in total. The van der Waals surface area contributed by atoms with Gasteiger partial charge in [-0.05, 0) is 53.4 Å². The van der Waals surface area contributed by atoms with Gasteiger partial charge in [-0.25, -0.2) is 0 Å². The van der Waals surface area contributed by atoms with Gasteiger partial charge in [-0.3, -0.25) is 19.6 Å². The number of nitrogens with zero attached hydrogens (tertiary/aromatic N) is 4. The molecule has 1 unspecified atom stereocenters. The lowest BCUT2D eigenvalue weighted by Gasteiger charge is -2.26. The van der Waals surface area contributed by atoms with Crippen molar-refractivity contribution >= 4 is 17.5 Å². The summed E-state index contributed by atoms with van der Waals surface area (Å²) in [5.74, 6) is -0.383. The van der Waals surface area contributed by atoms with E-state index in [4.69, 9.17) is 0 Å². The van der Waals surface area contributed by atoms with Crippen molar-refractivity contribution in [2.24, 2.45) is 5.92 Å². The molecule has 3 aromatic rings. The zero-order chi connectivity index (χ0) is 21.6. The molecule has 0 spiro atoms. The average molecular weight is 415 g/mol. The number of benzene rings is 1. The topological polar surface area (TPSA) is 66.4 Å². The Hall–Kier alpha value is -3.54. The summed E-state index contributed by atoms with van der Waals surface area (Å²) < 4.78 is 0. The Morgan fingerprint density at radius 2 is 1.71 bits per heavy atom. The van der Waals surface area contributed by atoms with Gasteiger partial charge in [0.05, 0.1) is 5.92 Å². The highest BCUT2D eigenvalue weighted by Crippen LogP contribution is 2.27. The van der Waals surface area contributed by atoms with E-state index in [1.54, 1.807) is 29.7 Å². The number of aromatic nitrogens is 2. The van der Waals surface area contributed by atoms with E-state index in [1.807, 2.05) is 53.4 Å². The molecular formula is C25H26N4O2. The second-order valence-electron chi connectivity index (χ2n) is 7.84. The summed E-state index contributed by atoms with van der Waals surface area (Å²) in [4.78, 5) is 38.0. The first-order valence-electron chi connectivity index (χ1n) is 10.6. The molecule has 6 heteroatoms. The van der Waals surface area contributed by atoms with E-state index >= 15 is 0 Å². The van der Waals surface area contributed by atoms with E-state index in [0.717, 1.165) is 23.2 Å². The molecule has 0 radical (unpaired) electrons. The lowest BCUT2D eigenvalue weighted by molar-refractivity contribution is -0.137. The summed E-state index contributed by atoms with van der Waals surface area (Å²) in [5.41, 5.74) is 4.04. The summed E-state index contributed by atoms with van der Waals surface area (Å²) in [7, 11) is 0. The van der Waals surface area contributed by atoms with Crippen LogP contribution in [0.2, 0.25) is 0 Å². The molecule has 158 valence electrons. The highest BCUT2D eigenvalue weighted by atomic mass is 16.2. The summed E-state index contributed by atoms with van der Waals surface area (Å²) in [5, 5.41) is 0. The molecule has 2 amide bonds. The standard InChI is InChI=1S/C25H26N4O2/c1-2-19-5-7-23(8-6-19)29-18-22(14-24(29)30)25(31)28(16-20-9-12-26-13-10-20)17-21-4-3-11-27-15-21/h3-13,15,22H,2,14,16-18H2,1H3. The van der Waals surface area contributed by atoms with E-state index in [0.29, 0.717) is 19.6 Å². The van der Waals surface area contributed by atoms with Crippen LogP contribution < -0.4 is 4.90 Å². The Bertz CT molecular complexity index is 981. The van der Waals surface area contributed by atoms with Crippen LogP contribution in [0.4, 0.5) is 5.69 Å². The number of amides is 2. The molecule has 0 bridgehead atoms. The van der Waals surface area contributed by atoms with Crippen molar-refractivity contribution in [1.82, 2.24) is 14.9 Å². The van der Waals surface area contributed by atoms with Gasteiger partial charge in [-0.2, -0.15) is 0 Å². The quantitative estimate of drug-likeness (QED) is 0.592. The lowest BCUT2D eigenvalue weighted by atomic mass is 10.1. The van der Waals surface area contributed by atoms with Crippen molar-refractivity contribution in [3.05, 3.63) is 90.0 Å². The number of pyridine rings is 2. The largest absolute Gasteiger partial charge is 0.334 e. The first-order valence-corrected chi connectivity index (χ1v) is 10.6. The van der Waals surface area contributed by atoms with Crippen molar-refractivity contribution in [2.45, 2.75) is 32.9 Å². The van der Waals surface area contributed by atoms with Gasteiger partial charge in [0, 0.05) is 56.5 Å². The molecule has 1 aliphatic rings. The van der Waals surface area contributed by atoms with Crippen LogP contribution in [0, 0.1) is 5.92 Å². The Balaban J connectivity index is 1.52. The van der Waals surface area contributed by atoms with Gasteiger partial charge in [0.2, 0.25) is 11.8 Å². The molecule has 2 aromatic heterocycles. The van der Waals surface area contributed by atoms with Gasteiger partial charge in [0.15, 0.2) is 0 Å². The molecule has 1 aliphatic heterocycles. The molecule has 0 saturated carbocycles. The van der Waals surface area contributed by atoms with Gasteiger partial charge in [0.1, 0.15) is 0 Å². The Labute approximate surface area is 182 Å². The van der Waals surface area contributed by atoms with Gasteiger partial charge in [-0.1, -0.05) is 25.1 Å². The second-order valence-corrected chi connectivity index (χ2v) is 7.84. The summed E-state index contributed by atoms with van der Waals surface area (Å²) in [6.45, 7) is 3.42. The molecule has 0 aliphatic carbocycles. The zero-order valence-corrected chi connectivity index (χ0v) is 17.6. The molecule has 1 saturated heterocycles. The molecule has 1 atom stereocenters. The smallest absolute Gasteiger partial charge is 0.228 e. The fourth-order valence-corrected chi connectivity index (χ4v) is 3.92. The third kappa shape index (κ3) is 4.97. The van der Waals surface area contributed by atoms with Crippen LogP contribution in [0.1, 0.15) is 30.0 Å². The molecule has 31 heavy (non-hydrogen) atoms. The third-order valence-corrected chi connectivity index (χ3v) is 5.66. The van der Waals surface area contributed by atoms with Crippen LogP contribution in [-0.2, 0) is 29.1 Å². The van der Waals surface area contributed by atoms with Crippen LogP contribution >= 0.6 is 0 Å². The Morgan fingerprint density at radius 3 is 2.39 bits per heavy atom. The highest BCUT2D eigenvalue weighted by molar-refractivity contribution is 6.00. The molecular weight excluding hydrogens is 388 g/mol. The van der Waals surface area contributed by atoms with Crippen LogP contribution in [0.25, 0.3) is 0 Å². The molecule has 1 fully saturated rings. The van der Waals surface area contributed by atoms with Gasteiger partial charge in [-0.15, -0.1) is 0 Å². The summed E-state index contributed by atoms with van der Waals surface area (Å²) in [6, 6.07) is 15.6. The average Bonchev–Trinajstić information content (AvgIpc) is 3.21. The molecule has 0 N–H and O–H groups in total. The van der Waals surface area contributed by atoms with Crippen LogP contribution in [0.5, 0.6) is 0 Å². The maximum atomic E-state index is 13.5. The van der Waals surface area contributed by atoms with E-state index < -0.39 is 0 Å².